The average Bonchev–Trinajstić information content (AvgIpc) is 3.16. The van der Waals surface area contributed by atoms with Crippen LogP contribution in [0.4, 0.5) is 4.39 Å². The van der Waals surface area contributed by atoms with Crippen molar-refractivity contribution in [3.05, 3.63) is 64.9 Å². The maximum Gasteiger partial charge on any atom is 0.183 e. The van der Waals surface area contributed by atoms with Crippen LogP contribution in [0.1, 0.15) is 11.5 Å². The van der Waals surface area contributed by atoms with Crippen LogP contribution in [0.25, 0.3) is 0 Å². The molecule has 7 heteroatoms. The summed E-state index contributed by atoms with van der Waals surface area (Å²) in [5.74, 6) is -0.851. The van der Waals surface area contributed by atoms with Crippen molar-refractivity contribution >= 4 is 21.4 Å². The molecule has 0 heterocycles. The van der Waals surface area contributed by atoms with Gasteiger partial charge < -0.3 is 11.5 Å². The number of halogens is 2. The fourth-order valence-corrected chi connectivity index (χ4v) is 5.51. The Morgan fingerprint density at radius 3 is 2.17 bits per heavy atom. The zero-order valence-electron chi connectivity index (χ0n) is 12.1. The van der Waals surface area contributed by atoms with E-state index < -0.39 is 26.5 Å². The van der Waals surface area contributed by atoms with E-state index in [2.05, 4.69) is 0 Å². The van der Waals surface area contributed by atoms with Crippen LogP contribution in [0.5, 0.6) is 0 Å². The first-order valence-corrected chi connectivity index (χ1v) is 8.97. The molecule has 0 spiro atoms. The lowest BCUT2D eigenvalue weighted by Gasteiger charge is -2.09. The lowest BCUT2D eigenvalue weighted by molar-refractivity contribution is 0.586. The Balaban J connectivity index is 2.01. The summed E-state index contributed by atoms with van der Waals surface area (Å²) < 4.78 is 38.8. The van der Waals surface area contributed by atoms with Gasteiger partial charge in [0.15, 0.2) is 9.84 Å². The molecular formula is C16H16ClFN2O2S. The summed E-state index contributed by atoms with van der Waals surface area (Å²) in [6.07, 6.45) is 0. The van der Waals surface area contributed by atoms with E-state index in [1.807, 2.05) is 0 Å². The predicted molar refractivity (Wildman–Crippen MR) is 87.5 cm³/mol. The molecule has 1 fully saturated rings. The summed E-state index contributed by atoms with van der Waals surface area (Å²) in [5, 5.41) is -0.390. The number of sulfone groups is 1. The molecule has 0 aromatic heterocycles. The maximum absolute atomic E-state index is 13.1. The van der Waals surface area contributed by atoms with Crippen LogP contribution in [0, 0.1) is 5.82 Å². The van der Waals surface area contributed by atoms with Gasteiger partial charge in [0.05, 0.1) is 15.7 Å². The highest BCUT2D eigenvalue weighted by atomic mass is 35.5. The number of hydrogen-bond donors (Lipinski definition) is 2. The van der Waals surface area contributed by atoms with Crippen molar-refractivity contribution in [2.45, 2.75) is 21.6 Å². The van der Waals surface area contributed by atoms with E-state index in [4.69, 9.17) is 23.1 Å². The Kier molecular flexibility index (Phi) is 3.96. The topological polar surface area (TPSA) is 86.2 Å². The van der Waals surface area contributed by atoms with E-state index in [0.29, 0.717) is 10.6 Å². The SMILES string of the molecule is NC[C@@]1(N)[C@@H](c2ccc(F)cc2)[C@@H]1S(=O)(=O)c1ccc(Cl)cc1. The van der Waals surface area contributed by atoms with Gasteiger partial charge in [-0.05, 0) is 42.0 Å². The summed E-state index contributed by atoms with van der Waals surface area (Å²) in [6.45, 7) is 0.0204. The second-order valence-electron chi connectivity index (χ2n) is 5.77. The molecule has 0 saturated heterocycles. The third-order valence-electron chi connectivity index (χ3n) is 4.36. The molecule has 3 atom stereocenters. The fraction of sp³-hybridized carbons (Fsp3) is 0.250. The molecule has 1 aliphatic carbocycles. The van der Waals surface area contributed by atoms with E-state index in [1.54, 1.807) is 12.1 Å². The highest BCUT2D eigenvalue weighted by Crippen LogP contribution is 2.55. The predicted octanol–water partition coefficient (Wildman–Crippen LogP) is 2.08. The standard InChI is InChI=1S/C16H16ClFN2O2S/c17-11-3-7-13(8-4-11)23(21,22)15-14(16(15,20)9-19)10-1-5-12(18)6-2-10/h1-8,14-15H,9,19-20H2/t14-,15-,16+/m0/s1. The highest BCUT2D eigenvalue weighted by Gasteiger charge is 2.68. The number of hydrogen-bond acceptors (Lipinski definition) is 4. The second kappa shape index (κ2) is 5.56. The van der Waals surface area contributed by atoms with Gasteiger partial charge in [-0.15, -0.1) is 0 Å². The first kappa shape index (κ1) is 16.4. The third kappa shape index (κ3) is 2.65. The van der Waals surface area contributed by atoms with Gasteiger partial charge in [0.25, 0.3) is 0 Å². The Morgan fingerprint density at radius 2 is 1.65 bits per heavy atom. The van der Waals surface area contributed by atoms with Crippen LogP contribution in [-0.2, 0) is 9.84 Å². The van der Waals surface area contributed by atoms with Crippen molar-refractivity contribution in [2.75, 3.05) is 6.54 Å². The quantitative estimate of drug-likeness (QED) is 0.880. The molecule has 1 saturated carbocycles. The summed E-state index contributed by atoms with van der Waals surface area (Å²) in [6, 6.07) is 11.6. The lowest BCUT2D eigenvalue weighted by Crippen LogP contribution is -2.39. The summed E-state index contributed by atoms with van der Waals surface area (Å²) in [5.41, 5.74) is 11.6. The molecule has 2 aromatic carbocycles. The fourth-order valence-electron chi connectivity index (χ4n) is 3.06. The number of rotatable bonds is 4. The van der Waals surface area contributed by atoms with Gasteiger partial charge in [-0.1, -0.05) is 23.7 Å². The molecule has 0 aliphatic heterocycles. The van der Waals surface area contributed by atoms with Gasteiger partial charge in [-0.2, -0.15) is 0 Å². The molecule has 3 rings (SSSR count). The van der Waals surface area contributed by atoms with Crippen LogP contribution in [0.2, 0.25) is 5.02 Å². The minimum absolute atomic E-state index is 0.0204. The Bertz CT molecular complexity index is 824. The van der Waals surface area contributed by atoms with Crippen LogP contribution >= 0.6 is 11.6 Å². The zero-order valence-corrected chi connectivity index (χ0v) is 13.7. The van der Waals surface area contributed by atoms with Gasteiger partial charge in [0.2, 0.25) is 0 Å². The minimum atomic E-state index is -3.67. The van der Waals surface area contributed by atoms with Crippen LogP contribution in [0.3, 0.4) is 0 Å². The van der Waals surface area contributed by atoms with Gasteiger partial charge in [-0.25, -0.2) is 12.8 Å². The average molecular weight is 355 g/mol. The molecule has 23 heavy (non-hydrogen) atoms. The van der Waals surface area contributed by atoms with Crippen LogP contribution in [0.15, 0.2) is 53.4 Å². The van der Waals surface area contributed by atoms with E-state index >= 15 is 0 Å². The van der Waals surface area contributed by atoms with Gasteiger partial charge >= 0.3 is 0 Å². The molecule has 1 aliphatic rings. The van der Waals surface area contributed by atoms with Gasteiger partial charge in [0.1, 0.15) is 5.82 Å². The Labute approximate surface area is 139 Å². The first-order valence-electron chi connectivity index (χ1n) is 7.04. The Hall–Kier alpha value is -1.47. The lowest BCUT2D eigenvalue weighted by atomic mass is 10.1. The molecule has 0 bridgehead atoms. The van der Waals surface area contributed by atoms with E-state index in [1.165, 1.54) is 36.4 Å². The first-order chi connectivity index (χ1) is 10.8. The largest absolute Gasteiger partial charge is 0.329 e. The van der Waals surface area contributed by atoms with E-state index in [-0.39, 0.29) is 17.3 Å². The second-order valence-corrected chi connectivity index (χ2v) is 8.27. The normalized spacial score (nSPS) is 27.0. The molecule has 0 amide bonds. The van der Waals surface area contributed by atoms with Crippen molar-refractivity contribution < 1.29 is 12.8 Å². The van der Waals surface area contributed by atoms with Crippen molar-refractivity contribution in [2.24, 2.45) is 11.5 Å². The van der Waals surface area contributed by atoms with Crippen molar-refractivity contribution in [3.8, 4) is 0 Å². The summed E-state index contributed by atoms with van der Waals surface area (Å²) in [7, 11) is -3.67. The number of nitrogens with two attached hydrogens (primary N) is 2. The molecule has 0 radical (unpaired) electrons. The molecule has 122 valence electrons. The molecule has 4 nitrogen and oxygen atoms in total. The third-order valence-corrected chi connectivity index (χ3v) is 6.92. The highest BCUT2D eigenvalue weighted by molar-refractivity contribution is 7.92. The van der Waals surface area contributed by atoms with Crippen molar-refractivity contribution in [3.63, 3.8) is 0 Å². The molecule has 4 N–H and O–H groups in total. The zero-order chi connectivity index (χ0) is 16.8. The van der Waals surface area contributed by atoms with E-state index in [9.17, 15) is 12.8 Å². The number of benzene rings is 2. The van der Waals surface area contributed by atoms with Gasteiger partial charge in [0, 0.05) is 17.5 Å². The summed E-state index contributed by atoms with van der Waals surface area (Å²) in [4.78, 5) is 0.153. The van der Waals surface area contributed by atoms with Crippen molar-refractivity contribution in [1.82, 2.24) is 0 Å². The monoisotopic (exact) mass is 354 g/mol. The van der Waals surface area contributed by atoms with E-state index in [0.717, 1.165) is 0 Å². The van der Waals surface area contributed by atoms with Crippen LogP contribution in [-0.4, -0.2) is 25.8 Å². The Morgan fingerprint density at radius 1 is 1.09 bits per heavy atom. The van der Waals surface area contributed by atoms with Gasteiger partial charge in [-0.3, -0.25) is 0 Å². The minimum Gasteiger partial charge on any atom is -0.329 e. The molecular weight excluding hydrogens is 339 g/mol. The van der Waals surface area contributed by atoms with Crippen LogP contribution < -0.4 is 11.5 Å². The maximum atomic E-state index is 13.1. The molecule has 2 aromatic rings. The summed E-state index contributed by atoms with van der Waals surface area (Å²) >= 11 is 5.80. The van der Waals surface area contributed by atoms with Crippen molar-refractivity contribution in [1.29, 1.82) is 0 Å². The smallest absolute Gasteiger partial charge is 0.183 e. The molecule has 0 unspecified atom stereocenters.